The van der Waals surface area contributed by atoms with Gasteiger partial charge in [0.15, 0.2) is 0 Å². The van der Waals surface area contributed by atoms with Crippen LogP contribution in [0.15, 0.2) is 24.3 Å². The van der Waals surface area contributed by atoms with Crippen LogP contribution >= 0.6 is 11.6 Å². The SMILES string of the molecule is CNCCC(C)(F)c1cccc(Cl)c1. The first-order valence-electron chi connectivity index (χ1n) is 4.66. The lowest BCUT2D eigenvalue weighted by Gasteiger charge is -2.20. The fourth-order valence-electron chi connectivity index (χ4n) is 1.32. The van der Waals surface area contributed by atoms with Gasteiger partial charge in [-0.1, -0.05) is 23.7 Å². The Morgan fingerprint density at radius 1 is 1.50 bits per heavy atom. The fraction of sp³-hybridized carbons (Fsp3) is 0.455. The van der Waals surface area contributed by atoms with Crippen LogP contribution < -0.4 is 5.32 Å². The molecule has 1 aromatic rings. The van der Waals surface area contributed by atoms with Crippen LogP contribution in [-0.4, -0.2) is 13.6 Å². The highest BCUT2D eigenvalue weighted by atomic mass is 35.5. The standard InChI is InChI=1S/C11H15ClFN/c1-11(13,6-7-14-2)9-4-3-5-10(12)8-9/h3-5,8,14H,6-7H2,1-2H3. The van der Waals surface area contributed by atoms with Crippen molar-refractivity contribution in [2.24, 2.45) is 0 Å². The number of rotatable bonds is 4. The van der Waals surface area contributed by atoms with Gasteiger partial charge in [-0.05, 0) is 44.6 Å². The Labute approximate surface area is 89.3 Å². The summed E-state index contributed by atoms with van der Waals surface area (Å²) in [6.45, 7) is 2.23. The van der Waals surface area contributed by atoms with Gasteiger partial charge in [-0.2, -0.15) is 0 Å². The molecule has 1 unspecified atom stereocenters. The van der Waals surface area contributed by atoms with E-state index < -0.39 is 5.67 Å². The lowest BCUT2D eigenvalue weighted by atomic mass is 9.94. The second-order valence-electron chi connectivity index (χ2n) is 3.56. The second kappa shape index (κ2) is 4.76. The molecule has 0 aliphatic carbocycles. The zero-order valence-corrected chi connectivity index (χ0v) is 9.24. The van der Waals surface area contributed by atoms with E-state index in [0.717, 1.165) is 0 Å². The Hall–Kier alpha value is -0.600. The van der Waals surface area contributed by atoms with Gasteiger partial charge in [0.05, 0.1) is 0 Å². The van der Waals surface area contributed by atoms with E-state index in [1.165, 1.54) is 0 Å². The third-order valence-electron chi connectivity index (χ3n) is 2.27. The Bertz CT molecular complexity index is 299. The van der Waals surface area contributed by atoms with E-state index in [0.29, 0.717) is 23.6 Å². The van der Waals surface area contributed by atoms with Crippen molar-refractivity contribution in [2.75, 3.05) is 13.6 Å². The smallest absolute Gasteiger partial charge is 0.134 e. The van der Waals surface area contributed by atoms with E-state index >= 15 is 0 Å². The first-order chi connectivity index (χ1) is 6.56. The quantitative estimate of drug-likeness (QED) is 0.814. The summed E-state index contributed by atoms with van der Waals surface area (Å²) in [6, 6.07) is 6.97. The highest BCUT2D eigenvalue weighted by Crippen LogP contribution is 2.30. The number of halogens is 2. The maximum atomic E-state index is 14.1. The third-order valence-corrected chi connectivity index (χ3v) is 2.51. The van der Waals surface area contributed by atoms with E-state index in [2.05, 4.69) is 5.32 Å². The van der Waals surface area contributed by atoms with Crippen LogP contribution in [0.4, 0.5) is 4.39 Å². The summed E-state index contributed by atoms with van der Waals surface area (Å²) in [4.78, 5) is 0. The van der Waals surface area contributed by atoms with Crippen molar-refractivity contribution < 1.29 is 4.39 Å². The minimum Gasteiger partial charge on any atom is -0.320 e. The van der Waals surface area contributed by atoms with E-state index in [9.17, 15) is 4.39 Å². The minimum absolute atomic E-state index is 0.448. The molecule has 1 nitrogen and oxygen atoms in total. The van der Waals surface area contributed by atoms with Gasteiger partial charge in [0.2, 0.25) is 0 Å². The van der Waals surface area contributed by atoms with E-state index in [-0.39, 0.29) is 0 Å². The molecule has 0 aliphatic heterocycles. The summed E-state index contributed by atoms with van der Waals surface area (Å²) in [7, 11) is 1.81. The van der Waals surface area contributed by atoms with Gasteiger partial charge in [0.1, 0.15) is 5.67 Å². The molecular weight excluding hydrogens is 201 g/mol. The number of hydrogen-bond donors (Lipinski definition) is 1. The van der Waals surface area contributed by atoms with Gasteiger partial charge >= 0.3 is 0 Å². The van der Waals surface area contributed by atoms with Crippen molar-refractivity contribution in [1.82, 2.24) is 5.32 Å². The molecule has 1 aromatic carbocycles. The van der Waals surface area contributed by atoms with Crippen molar-refractivity contribution >= 4 is 11.6 Å². The summed E-state index contributed by atoms with van der Waals surface area (Å²) in [5.74, 6) is 0. The molecule has 0 heterocycles. The van der Waals surface area contributed by atoms with E-state index in [1.807, 2.05) is 7.05 Å². The van der Waals surface area contributed by atoms with Crippen LogP contribution in [0.1, 0.15) is 18.9 Å². The van der Waals surface area contributed by atoms with Crippen molar-refractivity contribution in [3.05, 3.63) is 34.9 Å². The zero-order valence-electron chi connectivity index (χ0n) is 8.48. The highest BCUT2D eigenvalue weighted by molar-refractivity contribution is 6.30. The normalized spacial score (nSPS) is 15.1. The van der Waals surface area contributed by atoms with Crippen LogP contribution in [0.25, 0.3) is 0 Å². The predicted molar refractivity (Wildman–Crippen MR) is 58.5 cm³/mol. The summed E-state index contributed by atoms with van der Waals surface area (Å²) in [5.41, 5.74) is -0.672. The lowest BCUT2D eigenvalue weighted by Crippen LogP contribution is -2.22. The molecule has 0 radical (unpaired) electrons. The molecule has 1 atom stereocenters. The molecule has 0 spiro atoms. The van der Waals surface area contributed by atoms with Crippen molar-refractivity contribution in [2.45, 2.75) is 19.0 Å². The molecule has 0 saturated carbocycles. The van der Waals surface area contributed by atoms with Gasteiger partial charge in [-0.3, -0.25) is 0 Å². The number of hydrogen-bond acceptors (Lipinski definition) is 1. The topological polar surface area (TPSA) is 12.0 Å². The van der Waals surface area contributed by atoms with Crippen LogP contribution in [0.2, 0.25) is 5.02 Å². The molecule has 0 bridgehead atoms. The third kappa shape index (κ3) is 2.96. The first kappa shape index (κ1) is 11.5. The molecule has 1 rings (SSSR count). The average Bonchev–Trinajstić information content (AvgIpc) is 2.15. The summed E-state index contributed by atoms with van der Waals surface area (Å²) in [6.07, 6.45) is 0.448. The molecule has 0 fully saturated rings. The average molecular weight is 216 g/mol. The molecule has 78 valence electrons. The monoisotopic (exact) mass is 215 g/mol. The van der Waals surface area contributed by atoms with Gasteiger partial charge in [-0.15, -0.1) is 0 Å². The maximum Gasteiger partial charge on any atom is 0.134 e. The van der Waals surface area contributed by atoms with Gasteiger partial charge in [-0.25, -0.2) is 4.39 Å². The predicted octanol–water partition coefficient (Wildman–Crippen LogP) is 3.13. The van der Waals surface area contributed by atoms with Gasteiger partial charge < -0.3 is 5.32 Å². The van der Waals surface area contributed by atoms with E-state index in [4.69, 9.17) is 11.6 Å². The Balaban J connectivity index is 2.80. The van der Waals surface area contributed by atoms with E-state index in [1.54, 1.807) is 31.2 Å². The molecule has 1 N–H and O–H groups in total. The Morgan fingerprint density at radius 2 is 2.21 bits per heavy atom. The fourth-order valence-corrected chi connectivity index (χ4v) is 1.51. The number of alkyl halides is 1. The maximum absolute atomic E-state index is 14.1. The minimum atomic E-state index is -1.31. The molecule has 0 aliphatic rings. The van der Waals surface area contributed by atoms with Gasteiger partial charge in [0.25, 0.3) is 0 Å². The second-order valence-corrected chi connectivity index (χ2v) is 4.00. The Kier molecular flexibility index (Phi) is 3.90. The first-order valence-corrected chi connectivity index (χ1v) is 5.03. The molecule has 0 saturated heterocycles. The molecular formula is C11H15ClFN. The number of nitrogens with one attached hydrogen (secondary N) is 1. The number of benzene rings is 1. The molecule has 0 aromatic heterocycles. The van der Waals surface area contributed by atoms with Crippen LogP contribution in [0.5, 0.6) is 0 Å². The van der Waals surface area contributed by atoms with Crippen LogP contribution in [0.3, 0.4) is 0 Å². The van der Waals surface area contributed by atoms with Crippen LogP contribution in [0, 0.1) is 0 Å². The largest absolute Gasteiger partial charge is 0.320 e. The van der Waals surface area contributed by atoms with Crippen molar-refractivity contribution in [1.29, 1.82) is 0 Å². The van der Waals surface area contributed by atoms with Crippen LogP contribution in [-0.2, 0) is 5.67 Å². The summed E-state index contributed by atoms with van der Waals surface area (Å²) < 4.78 is 14.1. The summed E-state index contributed by atoms with van der Waals surface area (Å²) in [5, 5.41) is 3.51. The Morgan fingerprint density at radius 3 is 2.79 bits per heavy atom. The zero-order chi connectivity index (χ0) is 10.6. The van der Waals surface area contributed by atoms with Crippen molar-refractivity contribution in [3.8, 4) is 0 Å². The molecule has 0 amide bonds. The molecule has 14 heavy (non-hydrogen) atoms. The summed E-state index contributed by atoms with van der Waals surface area (Å²) >= 11 is 5.80. The van der Waals surface area contributed by atoms with Crippen molar-refractivity contribution in [3.63, 3.8) is 0 Å². The lowest BCUT2D eigenvalue weighted by molar-refractivity contribution is 0.177. The molecule has 3 heteroatoms. The highest BCUT2D eigenvalue weighted by Gasteiger charge is 2.24. The van der Waals surface area contributed by atoms with Gasteiger partial charge in [0, 0.05) is 5.02 Å².